The Labute approximate surface area is 121 Å². The molecule has 1 aromatic carbocycles. The van der Waals surface area contributed by atoms with E-state index in [1.807, 2.05) is 0 Å². The zero-order valence-electron chi connectivity index (χ0n) is 11.5. The van der Waals surface area contributed by atoms with Crippen LogP contribution in [0.25, 0.3) is 0 Å². The van der Waals surface area contributed by atoms with Gasteiger partial charge in [0, 0.05) is 13.2 Å². The third-order valence-corrected chi connectivity index (χ3v) is 2.82. The molecule has 2 N–H and O–H groups in total. The first kappa shape index (κ1) is 15.0. The van der Waals surface area contributed by atoms with Crippen molar-refractivity contribution >= 4 is 17.5 Å². The van der Waals surface area contributed by atoms with E-state index in [1.165, 1.54) is 13.2 Å². The third-order valence-electron chi connectivity index (χ3n) is 2.82. The van der Waals surface area contributed by atoms with E-state index < -0.39 is 11.8 Å². The maximum absolute atomic E-state index is 12.0. The van der Waals surface area contributed by atoms with Gasteiger partial charge in [0.1, 0.15) is 11.4 Å². The molecule has 1 heterocycles. The Morgan fingerprint density at radius 3 is 2.76 bits per heavy atom. The summed E-state index contributed by atoms with van der Waals surface area (Å²) in [5, 5.41) is 11.7. The lowest BCUT2D eigenvalue weighted by atomic mass is 10.2. The normalized spacial score (nSPS) is 14.4. The van der Waals surface area contributed by atoms with Crippen LogP contribution in [0, 0.1) is 0 Å². The highest BCUT2D eigenvalue weighted by Gasteiger charge is 2.30. The number of ether oxygens (including phenoxy) is 2. The van der Waals surface area contributed by atoms with Gasteiger partial charge < -0.3 is 19.9 Å². The monoisotopic (exact) mass is 292 g/mol. The van der Waals surface area contributed by atoms with E-state index in [4.69, 9.17) is 14.6 Å². The minimum Gasteiger partial charge on any atom is -0.465 e. The minimum absolute atomic E-state index is 0.0266. The van der Waals surface area contributed by atoms with Crippen LogP contribution in [0.4, 0.5) is 5.69 Å². The molecular weight excluding hydrogens is 276 g/mol. The van der Waals surface area contributed by atoms with Crippen LogP contribution >= 0.6 is 0 Å². The van der Waals surface area contributed by atoms with Crippen LogP contribution in [-0.4, -0.2) is 48.9 Å². The van der Waals surface area contributed by atoms with Gasteiger partial charge in [-0.05, 0) is 12.1 Å². The molecule has 0 unspecified atom stereocenters. The van der Waals surface area contributed by atoms with Crippen molar-refractivity contribution in [1.29, 1.82) is 0 Å². The van der Waals surface area contributed by atoms with Crippen LogP contribution in [0.3, 0.4) is 0 Å². The summed E-state index contributed by atoms with van der Waals surface area (Å²) in [5.74, 6) is -0.427. The summed E-state index contributed by atoms with van der Waals surface area (Å²) in [4.78, 5) is 24.7. The van der Waals surface area contributed by atoms with Gasteiger partial charge in [-0.1, -0.05) is 12.1 Å². The number of para-hydroxylation sites is 2. The molecule has 0 bridgehead atoms. The van der Waals surface area contributed by atoms with E-state index in [0.717, 1.165) is 4.90 Å². The largest absolute Gasteiger partial charge is 0.465 e. The van der Waals surface area contributed by atoms with Crippen LogP contribution in [0.5, 0.6) is 5.75 Å². The molecule has 0 atom stereocenters. The fourth-order valence-corrected chi connectivity index (χ4v) is 1.87. The van der Waals surface area contributed by atoms with E-state index in [1.54, 1.807) is 24.3 Å². The van der Waals surface area contributed by atoms with Crippen molar-refractivity contribution in [2.24, 2.45) is 0 Å². The van der Waals surface area contributed by atoms with Crippen molar-refractivity contribution < 1.29 is 24.2 Å². The smallest absolute Gasteiger partial charge is 0.277 e. The molecule has 1 aliphatic rings. The molecule has 0 fully saturated rings. The fraction of sp³-hybridized carbons (Fsp3) is 0.286. The second-order valence-electron chi connectivity index (χ2n) is 4.25. The number of carbonyl (C=O) groups is 2. The van der Waals surface area contributed by atoms with Gasteiger partial charge in [-0.2, -0.15) is 0 Å². The van der Waals surface area contributed by atoms with E-state index in [2.05, 4.69) is 5.32 Å². The molecule has 0 spiro atoms. The number of benzene rings is 1. The molecule has 0 aliphatic carbocycles. The maximum atomic E-state index is 12.0. The van der Waals surface area contributed by atoms with Crippen molar-refractivity contribution in [2.75, 3.05) is 32.4 Å². The lowest BCUT2D eigenvalue weighted by Gasteiger charge is -2.15. The Kier molecular flexibility index (Phi) is 4.91. The summed E-state index contributed by atoms with van der Waals surface area (Å²) in [5.41, 5.74) is 0.690. The summed E-state index contributed by atoms with van der Waals surface area (Å²) < 4.78 is 10.2. The average Bonchev–Trinajstić information content (AvgIpc) is 2.74. The molecule has 0 radical (unpaired) electrons. The standard InChI is InChI=1S/C14H16N2O5/c1-20-9-21-12-5-3-2-4-10(12)15-11-8-13(18)16(6-7-17)14(11)19/h2-5,8,15,17H,6-7,9H2,1H3. The van der Waals surface area contributed by atoms with E-state index in [-0.39, 0.29) is 25.6 Å². The molecule has 0 aromatic heterocycles. The number of aliphatic hydroxyl groups excluding tert-OH is 1. The predicted molar refractivity (Wildman–Crippen MR) is 74.5 cm³/mol. The van der Waals surface area contributed by atoms with Gasteiger partial charge in [0.15, 0.2) is 6.79 Å². The number of β-amino-alcohol motifs (C(OH)–C–C–N with tert-alkyl or cyclic N) is 1. The molecule has 0 saturated heterocycles. The predicted octanol–water partition coefficient (Wildman–Crippen LogP) is 0.326. The van der Waals surface area contributed by atoms with Gasteiger partial charge in [-0.25, -0.2) is 0 Å². The number of nitrogens with one attached hydrogen (secondary N) is 1. The highest BCUT2D eigenvalue weighted by atomic mass is 16.7. The summed E-state index contributed by atoms with van der Waals surface area (Å²) in [6.45, 7) is -0.228. The first-order valence-electron chi connectivity index (χ1n) is 6.33. The Balaban J connectivity index is 2.14. The van der Waals surface area contributed by atoms with Crippen molar-refractivity contribution in [3.63, 3.8) is 0 Å². The molecule has 21 heavy (non-hydrogen) atoms. The second kappa shape index (κ2) is 6.87. The zero-order valence-corrected chi connectivity index (χ0v) is 11.5. The number of aliphatic hydroxyl groups is 1. The first-order valence-corrected chi connectivity index (χ1v) is 6.33. The highest BCUT2D eigenvalue weighted by molar-refractivity contribution is 6.17. The quantitative estimate of drug-likeness (QED) is 0.556. The number of amides is 2. The van der Waals surface area contributed by atoms with Crippen LogP contribution < -0.4 is 10.1 Å². The Hall–Kier alpha value is -2.38. The zero-order chi connectivity index (χ0) is 15.2. The molecule has 2 rings (SSSR count). The molecule has 1 aromatic rings. The average molecular weight is 292 g/mol. The molecule has 0 saturated carbocycles. The second-order valence-corrected chi connectivity index (χ2v) is 4.25. The maximum Gasteiger partial charge on any atom is 0.277 e. The SMILES string of the molecule is COCOc1ccccc1NC1=CC(=O)N(CCO)C1=O. The summed E-state index contributed by atoms with van der Waals surface area (Å²) in [6.07, 6.45) is 1.20. The van der Waals surface area contributed by atoms with Crippen molar-refractivity contribution in [3.05, 3.63) is 36.0 Å². The van der Waals surface area contributed by atoms with Crippen LogP contribution in [-0.2, 0) is 14.3 Å². The lowest BCUT2D eigenvalue weighted by Crippen LogP contribution is -2.34. The van der Waals surface area contributed by atoms with Crippen molar-refractivity contribution in [2.45, 2.75) is 0 Å². The number of rotatable bonds is 7. The first-order chi connectivity index (χ1) is 10.2. The molecule has 2 amide bonds. The van der Waals surface area contributed by atoms with Crippen LogP contribution in [0.15, 0.2) is 36.0 Å². The summed E-state index contributed by atoms with van der Waals surface area (Å²) in [6, 6.07) is 6.99. The number of anilines is 1. The molecule has 7 nitrogen and oxygen atoms in total. The Morgan fingerprint density at radius 1 is 1.29 bits per heavy atom. The van der Waals surface area contributed by atoms with Gasteiger partial charge in [0.2, 0.25) is 0 Å². The van der Waals surface area contributed by atoms with E-state index >= 15 is 0 Å². The lowest BCUT2D eigenvalue weighted by molar-refractivity contribution is -0.137. The van der Waals surface area contributed by atoms with Crippen molar-refractivity contribution in [3.8, 4) is 5.75 Å². The summed E-state index contributed by atoms with van der Waals surface area (Å²) in [7, 11) is 1.50. The van der Waals surface area contributed by atoms with Crippen molar-refractivity contribution in [1.82, 2.24) is 4.90 Å². The number of nitrogens with zero attached hydrogens (tertiary/aromatic N) is 1. The van der Waals surface area contributed by atoms with E-state index in [0.29, 0.717) is 11.4 Å². The number of carbonyl (C=O) groups excluding carboxylic acids is 2. The molecule has 1 aliphatic heterocycles. The van der Waals surface area contributed by atoms with Gasteiger partial charge in [-0.3, -0.25) is 14.5 Å². The van der Waals surface area contributed by atoms with Gasteiger partial charge in [-0.15, -0.1) is 0 Å². The Morgan fingerprint density at radius 2 is 2.05 bits per heavy atom. The third kappa shape index (κ3) is 3.39. The number of hydrogen-bond acceptors (Lipinski definition) is 6. The number of hydrogen-bond donors (Lipinski definition) is 2. The topological polar surface area (TPSA) is 88.1 Å². The Bertz CT molecular complexity index is 570. The number of methoxy groups -OCH3 is 1. The molecule has 112 valence electrons. The molecular formula is C14H16N2O5. The minimum atomic E-state index is -0.476. The summed E-state index contributed by atoms with van der Waals surface area (Å²) >= 11 is 0. The number of imide groups is 1. The van der Waals surface area contributed by atoms with Crippen LogP contribution in [0.1, 0.15) is 0 Å². The van der Waals surface area contributed by atoms with E-state index in [9.17, 15) is 9.59 Å². The highest BCUT2D eigenvalue weighted by Crippen LogP contribution is 2.26. The van der Waals surface area contributed by atoms with Gasteiger partial charge >= 0.3 is 0 Å². The fourth-order valence-electron chi connectivity index (χ4n) is 1.87. The molecule has 7 heteroatoms. The van der Waals surface area contributed by atoms with Crippen LogP contribution in [0.2, 0.25) is 0 Å². The van der Waals surface area contributed by atoms with Gasteiger partial charge in [0.05, 0.1) is 18.8 Å². The van der Waals surface area contributed by atoms with Gasteiger partial charge in [0.25, 0.3) is 11.8 Å².